The van der Waals surface area contributed by atoms with Crippen LogP contribution < -0.4 is 4.90 Å². The Labute approximate surface area is 118 Å². The Morgan fingerprint density at radius 3 is 2.84 bits per heavy atom. The van der Waals surface area contributed by atoms with Gasteiger partial charge in [0.2, 0.25) is 0 Å². The number of ether oxygens (including phenoxy) is 1. The third-order valence-electron chi connectivity index (χ3n) is 3.40. The van der Waals surface area contributed by atoms with E-state index in [1.165, 1.54) is 15.4 Å². The van der Waals surface area contributed by atoms with Crippen LogP contribution in [0.1, 0.15) is 10.4 Å². The van der Waals surface area contributed by atoms with Crippen LogP contribution in [0.5, 0.6) is 0 Å². The van der Waals surface area contributed by atoms with Gasteiger partial charge in [-0.15, -0.1) is 11.3 Å². The van der Waals surface area contributed by atoms with Crippen LogP contribution in [0.3, 0.4) is 0 Å². The molecular formula is C16H18NOS. The summed E-state index contributed by atoms with van der Waals surface area (Å²) in [6.07, 6.45) is 2.22. The fourth-order valence-corrected chi connectivity index (χ4v) is 3.36. The Morgan fingerprint density at radius 2 is 2.05 bits per heavy atom. The largest absolute Gasteiger partial charge is 0.378 e. The molecule has 1 aliphatic heterocycles. The zero-order chi connectivity index (χ0) is 12.9. The van der Waals surface area contributed by atoms with Gasteiger partial charge in [-0.05, 0) is 36.6 Å². The molecule has 1 aromatic heterocycles. The molecule has 1 aliphatic rings. The van der Waals surface area contributed by atoms with Gasteiger partial charge >= 0.3 is 0 Å². The number of nitrogens with zero attached hydrogens (tertiary/aromatic N) is 1. The second-order valence-corrected chi connectivity index (χ2v) is 5.90. The quantitative estimate of drug-likeness (QED) is 0.847. The Morgan fingerprint density at radius 1 is 1.16 bits per heavy atom. The topological polar surface area (TPSA) is 12.5 Å². The van der Waals surface area contributed by atoms with Crippen LogP contribution in [0.25, 0.3) is 0 Å². The lowest BCUT2D eigenvalue weighted by atomic mass is 10.1. The Balaban J connectivity index is 1.58. The third-order valence-corrected chi connectivity index (χ3v) is 4.61. The Kier molecular flexibility index (Phi) is 4.16. The summed E-state index contributed by atoms with van der Waals surface area (Å²) in [5.41, 5.74) is 1.36. The minimum atomic E-state index is 0.854. The lowest BCUT2D eigenvalue weighted by Crippen LogP contribution is -2.35. The number of morpholine rings is 1. The molecule has 0 amide bonds. The van der Waals surface area contributed by atoms with Crippen LogP contribution in [0.2, 0.25) is 0 Å². The highest BCUT2D eigenvalue weighted by Crippen LogP contribution is 2.27. The van der Waals surface area contributed by atoms with Gasteiger partial charge in [0.1, 0.15) is 0 Å². The maximum absolute atomic E-state index is 5.39. The van der Waals surface area contributed by atoms with Gasteiger partial charge in [0, 0.05) is 18.0 Å². The molecule has 2 heterocycles. The first-order valence-electron chi connectivity index (χ1n) is 6.78. The molecule has 0 atom stereocenters. The second-order valence-electron chi connectivity index (χ2n) is 4.75. The van der Waals surface area contributed by atoms with E-state index in [0.29, 0.717) is 0 Å². The van der Waals surface area contributed by atoms with Crippen molar-refractivity contribution in [2.45, 2.75) is 12.8 Å². The van der Waals surface area contributed by atoms with E-state index in [4.69, 9.17) is 4.74 Å². The molecule has 99 valence electrons. The molecule has 0 unspecified atom stereocenters. The summed E-state index contributed by atoms with van der Waals surface area (Å²) in [6.45, 7) is 3.75. The first-order chi connectivity index (χ1) is 9.42. The smallest absolute Gasteiger partial charge is 0.0912 e. The van der Waals surface area contributed by atoms with Gasteiger partial charge < -0.3 is 9.64 Å². The van der Waals surface area contributed by atoms with Crippen molar-refractivity contribution in [1.82, 2.24) is 0 Å². The molecule has 0 spiro atoms. The highest BCUT2D eigenvalue weighted by molar-refractivity contribution is 7.16. The summed E-state index contributed by atoms with van der Waals surface area (Å²) < 4.78 is 5.39. The van der Waals surface area contributed by atoms with Crippen molar-refractivity contribution in [3.8, 4) is 0 Å². The molecule has 3 heteroatoms. The molecule has 1 saturated heterocycles. The molecule has 2 nitrogen and oxygen atoms in total. The van der Waals surface area contributed by atoms with Crippen molar-refractivity contribution in [3.63, 3.8) is 0 Å². The third kappa shape index (κ3) is 3.37. The van der Waals surface area contributed by atoms with Crippen LogP contribution in [0, 0.1) is 6.07 Å². The molecule has 0 N–H and O–H groups in total. The van der Waals surface area contributed by atoms with Crippen LogP contribution in [0.15, 0.2) is 36.4 Å². The summed E-state index contributed by atoms with van der Waals surface area (Å²) in [5, 5.41) is 1.39. The number of thiophene rings is 1. The molecule has 19 heavy (non-hydrogen) atoms. The Bertz CT molecular complexity index is 502. The van der Waals surface area contributed by atoms with E-state index in [0.717, 1.165) is 39.1 Å². The minimum Gasteiger partial charge on any atom is -0.378 e. The van der Waals surface area contributed by atoms with Gasteiger partial charge in [-0.2, -0.15) is 0 Å². The van der Waals surface area contributed by atoms with Crippen LogP contribution in [-0.2, 0) is 17.6 Å². The average molecular weight is 272 g/mol. The molecule has 2 aromatic rings. The van der Waals surface area contributed by atoms with E-state index in [9.17, 15) is 0 Å². The summed E-state index contributed by atoms with van der Waals surface area (Å²) in [5.74, 6) is 0. The van der Waals surface area contributed by atoms with Gasteiger partial charge in [0.15, 0.2) is 0 Å². The van der Waals surface area contributed by atoms with Gasteiger partial charge in [-0.25, -0.2) is 0 Å². The predicted molar refractivity (Wildman–Crippen MR) is 80.0 cm³/mol. The predicted octanol–water partition coefficient (Wildman–Crippen LogP) is 3.17. The fourth-order valence-electron chi connectivity index (χ4n) is 2.31. The number of hydrogen-bond acceptors (Lipinski definition) is 3. The molecular weight excluding hydrogens is 254 g/mol. The SMILES string of the molecule is [c]1cccc(CCc2ccc(N3CCOCC3)s2)c1. The highest BCUT2D eigenvalue weighted by atomic mass is 32.1. The van der Waals surface area contributed by atoms with E-state index in [1.807, 2.05) is 17.4 Å². The van der Waals surface area contributed by atoms with E-state index < -0.39 is 0 Å². The fraction of sp³-hybridized carbons (Fsp3) is 0.375. The first-order valence-corrected chi connectivity index (χ1v) is 7.60. The number of hydrogen-bond donors (Lipinski definition) is 0. The van der Waals surface area contributed by atoms with Gasteiger partial charge in [-0.1, -0.05) is 24.3 Å². The molecule has 0 aliphatic carbocycles. The number of rotatable bonds is 4. The maximum atomic E-state index is 5.39. The molecule has 0 bridgehead atoms. The molecule has 3 rings (SSSR count). The van der Waals surface area contributed by atoms with Crippen molar-refractivity contribution in [1.29, 1.82) is 0 Å². The number of benzene rings is 1. The van der Waals surface area contributed by atoms with Crippen molar-refractivity contribution in [2.24, 2.45) is 0 Å². The number of aryl methyl sites for hydroxylation is 2. The van der Waals surface area contributed by atoms with Gasteiger partial charge in [-0.3, -0.25) is 0 Å². The second kappa shape index (κ2) is 6.22. The molecule has 1 radical (unpaired) electrons. The lowest BCUT2D eigenvalue weighted by Gasteiger charge is -2.27. The van der Waals surface area contributed by atoms with Crippen LogP contribution in [-0.4, -0.2) is 26.3 Å². The highest BCUT2D eigenvalue weighted by Gasteiger charge is 2.12. The normalized spacial score (nSPS) is 15.7. The average Bonchev–Trinajstić information content (AvgIpc) is 2.96. The maximum Gasteiger partial charge on any atom is 0.0912 e. The van der Waals surface area contributed by atoms with Gasteiger partial charge in [0.05, 0.1) is 18.2 Å². The van der Waals surface area contributed by atoms with Crippen LogP contribution >= 0.6 is 11.3 Å². The molecule has 1 aromatic carbocycles. The number of anilines is 1. The van der Waals surface area contributed by atoms with Gasteiger partial charge in [0.25, 0.3) is 0 Å². The van der Waals surface area contributed by atoms with E-state index in [1.54, 1.807) is 0 Å². The summed E-state index contributed by atoms with van der Waals surface area (Å²) in [7, 11) is 0. The molecule has 0 saturated carbocycles. The zero-order valence-electron chi connectivity index (χ0n) is 11.0. The first kappa shape index (κ1) is 12.7. The lowest BCUT2D eigenvalue weighted by molar-refractivity contribution is 0.123. The standard InChI is InChI=1S/C16H18NOS/c1-2-4-14(5-3-1)6-7-15-8-9-16(19-15)17-10-12-18-13-11-17/h1-2,4-5,8-9H,6-7,10-13H2. The summed E-state index contributed by atoms with van der Waals surface area (Å²) in [4.78, 5) is 3.89. The van der Waals surface area contributed by atoms with Crippen LogP contribution in [0.4, 0.5) is 5.00 Å². The summed E-state index contributed by atoms with van der Waals surface area (Å²) in [6, 6.07) is 15.9. The van der Waals surface area contributed by atoms with E-state index in [2.05, 4.69) is 41.3 Å². The molecule has 1 fully saturated rings. The van der Waals surface area contributed by atoms with Crippen molar-refractivity contribution >= 4 is 16.3 Å². The van der Waals surface area contributed by atoms with Crippen molar-refractivity contribution in [3.05, 3.63) is 52.9 Å². The monoisotopic (exact) mass is 272 g/mol. The van der Waals surface area contributed by atoms with E-state index >= 15 is 0 Å². The minimum absolute atomic E-state index is 0.854. The van der Waals surface area contributed by atoms with Crippen molar-refractivity contribution in [2.75, 3.05) is 31.2 Å². The van der Waals surface area contributed by atoms with Crippen molar-refractivity contribution < 1.29 is 4.74 Å². The van der Waals surface area contributed by atoms with E-state index in [-0.39, 0.29) is 0 Å². The zero-order valence-corrected chi connectivity index (χ0v) is 11.8. The Hall–Kier alpha value is -1.32. The summed E-state index contributed by atoms with van der Waals surface area (Å²) >= 11 is 1.92.